The largest absolute Gasteiger partial charge is 0.395 e. The Morgan fingerprint density at radius 3 is 2.25 bits per heavy atom. The van der Waals surface area contributed by atoms with Gasteiger partial charge in [-0.25, -0.2) is 0 Å². The smallest absolute Gasteiger partial charge is 0.246 e. The molecule has 1 aromatic carbocycles. The predicted octanol–water partition coefficient (Wildman–Crippen LogP) is 3.05. The molecule has 0 aromatic heterocycles. The van der Waals surface area contributed by atoms with Gasteiger partial charge in [0.1, 0.15) is 0 Å². The maximum absolute atomic E-state index is 12.1. The van der Waals surface area contributed by atoms with Crippen molar-refractivity contribution in [1.29, 1.82) is 0 Å². The van der Waals surface area contributed by atoms with Gasteiger partial charge in [-0.3, -0.25) is 4.79 Å². The molecule has 1 rings (SSSR count). The van der Waals surface area contributed by atoms with Crippen LogP contribution in [-0.2, 0) is 4.79 Å². The third-order valence-corrected chi connectivity index (χ3v) is 3.27. The molecule has 0 spiro atoms. The Labute approximate surface area is 121 Å². The lowest BCUT2D eigenvalue weighted by Gasteiger charge is -2.24. The average Bonchev–Trinajstić information content (AvgIpc) is 2.42. The fraction of sp³-hybridized carbons (Fsp3) is 0.471. The fourth-order valence-corrected chi connectivity index (χ4v) is 1.99. The molecule has 1 aromatic rings. The van der Waals surface area contributed by atoms with Crippen molar-refractivity contribution in [1.82, 2.24) is 4.90 Å². The third-order valence-electron chi connectivity index (χ3n) is 3.27. The summed E-state index contributed by atoms with van der Waals surface area (Å²) in [5.41, 5.74) is 2.30. The summed E-state index contributed by atoms with van der Waals surface area (Å²) in [6.45, 7) is 8.55. The Kier molecular flexibility index (Phi) is 6.46. The van der Waals surface area contributed by atoms with Crippen LogP contribution in [0.1, 0.15) is 44.7 Å². The molecule has 0 aliphatic rings. The van der Waals surface area contributed by atoms with Gasteiger partial charge in [-0.2, -0.15) is 0 Å². The molecule has 0 fully saturated rings. The van der Waals surface area contributed by atoms with Gasteiger partial charge < -0.3 is 10.0 Å². The van der Waals surface area contributed by atoms with E-state index in [1.54, 1.807) is 11.0 Å². The average molecular weight is 275 g/mol. The van der Waals surface area contributed by atoms with E-state index in [1.165, 1.54) is 5.56 Å². The standard InChI is InChI=1S/C17H25NO2/c1-13(2)16-8-5-15(6-9-16)7-10-17(20)18(11-12-19)14(3)4/h5-10,13-14,19H,11-12H2,1-4H3/b10-7+. The zero-order chi connectivity index (χ0) is 15.1. The Balaban J connectivity index is 2.73. The SMILES string of the molecule is CC(C)c1ccc(/C=C/C(=O)N(CCO)C(C)C)cc1. The molecular formula is C17H25NO2. The second kappa shape index (κ2) is 7.85. The third kappa shape index (κ3) is 4.82. The van der Waals surface area contributed by atoms with Gasteiger partial charge in [0.15, 0.2) is 0 Å². The lowest BCUT2D eigenvalue weighted by Crippen LogP contribution is -2.37. The number of hydrogen-bond acceptors (Lipinski definition) is 2. The van der Waals surface area contributed by atoms with Crippen molar-refractivity contribution >= 4 is 12.0 Å². The van der Waals surface area contributed by atoms with E-state index >= 15 is 0 Å². The van der Waals surface area contributed by atoms with E-state index in [2.05, 4.69) is 26.0 Å². The molecule has 0 radical (unpaired) electrons. The van der Waals surface area contributed by atoms with E-state index in [0.29, 0.717) is 12.5 Å². The van der Waals surface area contributed by atoms with Gasteiger partial charge in [-0.05, 0) is 37.0 Å². The van der Waals surface area contributed by atoms with Crippen LogP contribution in [0.2, 0.25) is 0 Å². The Morgan fingerprint density at radius 1 is 1.20 bits per heavy atom. The van der Waals surface area contributed by atoms with Gasteiger partial charge in [-0.15, -0.1) is 0 Å². The molecule has 0 atom stereocenters. The van der Waals surface area contributed by atoms with E-state index in [9.17, 15) is 4.79 Å². The Bertz CT molecular complexity index is 447. The van der Waals surface area contributed by atoms with Crippen LogP contribution in [0.3, 0.4) is 0 Å². The number of amides is 1. The highest BCUT2D eigenvalue weighted by Gasteiger charge is 2.13. The zero-order valence-corrected chi connectivity index (χ0v) is 12.8. The zero-order valence-electron chi connectivity index (χ0n) is 12.8. The summed E-state index contributed by atoms with van der Waals surface area (Å²) in [6, 6.07) is 8.30. The summed E-state index contributed by atoms with van der Waals surface area (Å²) < 4.78 is 0. The van der Waals surface area contributed by atoms with E-state index in [0.717, 1.165) is 5.56 Å². The van der Waals surface area contributed by atoms with Crippen molar-refractivity contribution in [3.05, 3.63) is 41.5 Å². The molecule has 0 bridgehead atoms. The van der Waals surface area contributed by atoms with E-state index in [-0.39, 0.29) is 18.6 Å². The molecule has 0 aliphatic carbocycles. The highest BCUT2D eigenvalue weighted by atomic mass is 16.3. The van der Waals surface area contributed by atoms with Crippen molar-refractivity contribution < 1.29 is 9.90 Å². The number of aliphatic hydroxyl groups excluding tert-OH is 1. The first kappa shape index (κ1) is 16.4. The molecule has 0 saturated carbocycles. The van der Waals surface area contributed by atoms with E-state index in [4.69, 9.17) is 5.11 Å². The molecule has 3 heteroatoms. The lowest BCUT2D eigenvalue weighted by atomic mass is 10.0. The minimum absolute atomic E-state index is 0.0131. The van der Waals surface area contributed by atoms with Crippen LogP contribution in [-0.4, -0.2) is 35.1 Å². The summed E-state index contributed by atoms with van der Waals surface area (Å²) in [7, 11) is 0. The summed E-state index contributed by atoms with van der Waals surface area (Å²) in [5.74, 6) is 0.442. The fourth-order valence-electron chi connectivity index (χ4n) is 1.99. The van der Waals surface area contributed by atoms with E-state index in [1.807, 2.05) is 32.1 Å². The first-order valence-corrected chi connectivity index (χ1v) is 7.15. The summed E-state index contributed by atoms with van der Waals surface area (Å²) in [6.07, 6.45) is 3.39. The number of nitrogens with zero attached hydrogens (tertiary/aromatic N) is 1. The van der Waals surface area contributed by atoms with Gasteiger partial charge in [-0.1, -0.05) is 38.1 Å². The number of carbonyl (C=O) groups is 1. The van der Waals surface area contributed by atoms with Crippen LogP contribution in [0.15, 0.2) is 30.3 Å². The van der Waals surface area contributed by atoms with Gasteiger partial charge in [0.25, 0.3) is 0 Å². The van der Waals surface area contributed by atoms with Crippen LogP contribution in [0.5, 0.6) is 0 Å². The summed E-state index contributed by atoms with van der Waals surface area (Å²) >= 11 is 0. The van der Waals surface area contributed by atoms with Crippen LogP contribution in [0.4, 0.5) is 0 Å². The number of aliphatic hydroxyl groups is 1. The van der Waals surface area contributed by atoms with Gasteiger partial charge in [0.05, 0.1) is 6.61 Å². The normalized spacial score (nSPS) is 11.6. The van der Waals surface area contributed by atoms with E-state index < -0.39 is 0 Å². The minimum atomic E-state index is -0.0676. The summed E-state index contributed by atoms with van der Waals surface area (Å²) in [5, 5.41) is 8.98. The monoisotopic (exact) mass is 275 g/mol. The van der Waals surface area contributed by atoms with Crippen molar-refractivity contribution in [3.63, 3.8) is 0 Å². The Hall–Kier alpha value is -1.61. The second-order valence-corrected chi connectivity index (χ2v) is 5.50. The topological polar surface area (TPSA) is 40.5 Å². The maximum atomic E-state index is 12.1. The lowest BCUT2D eigenvalue weighted by molar-refractivity contribution is -0.128. The molecule has 1 amide bonds. The van der Waals surface area contributed by atoms with Crippen molar-refractivity contribution in [3.8, 4) is 0 Å². The number of rotatable bonds is 6. The number of hydrogen-bond donors (Lipinski definition) is 1. The van der Waals surface area contributed by atoms with Crippen molar-refractivity contribution in [2.24, 2.45) is 0 Å². The van der Waals surface area contributed by atoms with Crippen molar-refractivity contribution in [2.75, 3.05) is 13.2 Å². The van der Waals surface area contributed by atoms with Crippen LogP contribution in [0.25, 0.3) is 6.08 Å². The van der Waals surface area contributed by atoms with Crippen LogP contribution < -0.4 is 0 Å². The molecule has 1 N–H and O–H groups in total. The molecule has 0 heterocycles. The van der Waals surface area contributed by atoms with Crippen LogP contribution >= 0.6 is 0 Å². The maximum Gasteiger partial charge on any atom is 0.246 e. The van der Waals surface area contributed by atoms with Gasteiger partial charge in [0.2, 0.25) is 5.91 Å². The molecule has 20 heavy (non-hydrogen) atoms. The molecule has 0 aliphatic heterocycles. The molecular weight excluding hydrogens is 250 g/mol. The molecule has 0 saturated heterocycles. The van der Waals surface area contributed by atoms with Crippen LogP contribution in [0, 0.1) is 0 Å². The molecule has 3 nitrogen and oxygen atoms in total. The van der Waals surface area contributed by atoms with Crippen molar-refractivity contribution in [2.45, 2.75) is 39.7 Å². The highest BCUT2D eigenvalue weighted by molar-refractivity contribution is 5.92. The highest BCUT2D eigenvalue weighted by Crippen LogP contribution is 2.15. The van der Waals surface area contributed by atoms with Gasteiger partial charge in [0, 0.05) is 18.7 Å². The first-order valence-electron chi connectivity index (χ1n) is 7.15. The number of carbonyl (C=O) groups excluding carboxylic acids is 1. The predicted molar refractivity (Wildman–Crippen MR) is 83.5 cm³/mol. The van der Waals surface area contributed by atoms with Gasteiger partial charge >= 0.3 is 0 Å². The minimum Gasteiger partial charge on any atom is -0.395 e. The molecule has 0 unspecified atom stereocenters. The molecule has 110 valence electrons. The Morgan fingerprint density at radius 2 is 1.80 bits per heavy atom. The second-order valence-electron chi connectivity index (χ2n) is 5.50. The number of benzene rings is 1. The quantitative estimate of drug-likeness (QED) is 0.811. The first-order chi connectivity index (χ1) is 9.45. The summed E-state index contributed by atoms with van der Waals surface area (Å²) in [4.78, 5) is 13.7.